The summed E-state index contributed by atoms with van der Waals surface area (Å²) in [5.74, 6) is 0. The van der Waals surface area contributed by atoms with Gasteiger partial charge in [-0.05, 0) is 6.08 Å². The van der Waals surface area contributed by atoms with Crippen LogP contribution in [0.15, 0.2) is 12.3 Å². The van der Waals surface area contributed by atoms with Crippen LogP contribution in [0, 0.1) is 0 Å². The smallest absolute Gasteiger partial charge is 0.0587 e. The lowest BCUT2D eigenvalue weighted by Crippen LogP contribution is -2.48. The maximum atomic E-state index is 3.36. The lowest BCUT2D eigenvalue weighted by molar-refractivity contribution is 0.207. The number of hydrogen-bond acceptors (Lipinski definition) is 4. The largest absolute Gasteiger partial charge is 0.318 e. The number of hydrazine groups is 1. The second-order valence-electron chi connectivity index (χ2n) is 3.74. The Morgan fingerprint density at radius 1 is 1.38 bits per heavy atom. The van der Waals surface area contributed by atoms with Gasteiger partial charge < -0.3 is 10.3 Å². The molecule has 1 atom stereocenters. The van der Waals surface area contributed by atoms with Gasteiger partial charge in [-0.3, -0.25) is 4.90 Å². The first-order valence-electron chi connectivity index (χ1n) is 4.95. The fraction of sp³-hybridized carbons (Fsp3) is 0.778. The van der Waals surface area contributed by atoms with E-state index in [0.717, 1.165) is 19.6 Å². The average molecular weight is 182 g/mol. The van der Waals surface area contributed by atoms with E-state index in [2.05, 4.69) is 27.9 Å². The molecule has 4 heteroatoms. The third-order valence-corrected chi connectivity index (χ3v) is 2.58. The SMILES string of the molecule is CN1C=CC(CN2CCNCC2)N1. The molecule has 0 aromatic rings. The van der Waals surface area contributed by atoms with Gasteiger partial charge >= 0.3 is 0 Å². The Morgan fingerprint density at radius 3 is 2.77 bits per heavy atom. The highest BCUT2D eigenvalue weighted by Crippen LogP contribution is 2.02. The first-order valence-corrected chi connectivity index (χ1v) is 4.95. The van der Waals surface area contributed by atoms with Crippen LogP contribution in [0.3, 0.4) is 0 Å². The van der Waals surface area contributed by atoms with Gasteiger partial charge in [-0.15, -0.1) is 0 Å². The van der Waals surface area contributed by atoms with Gasteiger partial charge in [0.15, 0.2) is 0 Å². The zero-order valence-electron chi connectivity index (χ0n) is 8.16. The van der Waals surface area contributed by atoms with E-state index < -0.39 is 0 Å². The van der Waals surface area contributed by atoms with Crippen molar-refractivity contribution in [3.63, 3.8) is 0 Å². The molecule has 0 spiro atoms. The van der Waals surface area contributed by atoms with Crippen molar-refractivity contribution >= 4 is 0 Å². The van der Waals surface area contributed by atoms with Gasteiger partial charge in [0.1, 0.15) is 0 Å². The van der Waals surface area contributed by atoms with Crippen LogP contribution in [-0.4, -0.2) is 55.7 Å². The van der Waals surface area contributed by atoms with Gasteiger partial charge in [0.05, 0.1) is 6.04 Å². The molecule has 0 aromatic heterocycles. The first kappa shape index (κ1) is 8.99. The van der Waals surface area contributed by atoms with Crippen LogP contribution >= 0.6 is 0 Å². The summed E-state index contributed by atoms with van der Waals surface area (Å²) in [5, 5.41) is 5.38. The zero-order chi connectivity index (χ0) is 9.10. The minimum Gasteiger partial charge on any atom is -0.318 e. The molecule has 1 fully saturated rings. The molecule has 0 saturated carbocycles. The fourth-order valence-corrected chi connectivity index (χ4v) is 1.85. The third kappa shape index (κ3) is 2.43. The van der Waals surface area contributed by atoms with Crippen LogP contribution in [0.1, 0.15) is 0 Å². The van der Waals surface area contributed by atoms with Crippen LogP contribution in [0.4, 0.5) is 0 Å². The van der Waals surface area contributed by atoms with Gasteiger partial charge in [-0.2, -0.15) is 0 Å². The van der Waals surface area contributed by atoms with E-state index in [1.165, 1.54) is 13.1 Å². The van der Waals surface area contributed by atoms with E-state index in [0.29, 0.717) is 6.04 Å². The third-order valence-electron chi connectivity index (χ3n) is 2.58. The maximum absolute atomic E-state index is 3.36. The zero-order valence-corrected chi connectivity index (χ0v) is 8.16. The van der Waals surface area contributed by atoms with E-state index in [1.807, 2.05) is 12.1 Å². The Hall–Kier alpha value is -0.580. The van der Waals surface area contributed by atoms with Crippen LogP contribution in [-0.2, 0) is 0 Å². The molecule has 0 radical (unpaired) electrons. The van der Waals surface area contributed by atoms with Crippen LogP contribution in [0.25, 0.3) is 0 Å². The van der Waals surface area contributed by atoms with Crippen molar-refractivity contribution in [3.8, 4) is 0 Å². The summed E-state index contributed by atoms with van der Waals surface area (Å²) < 4.78 is 0. The molecular weight excluding hydrogens is 164 g/mol. The molecule has 74 valence electrons. The van der Waals surface area contributed by atoms with Crippen molar-refractivity contribution < 1.29 is 0 Å². The van der Waals surface area contributed by atoms with Crippen LogP contribution in [0.5, 0.6) is 0 Å². The lowest BCUT2D eigenvalue weighted by Gasteiger charge is -2.29. The van der Waals surface area contributed by atoms with E-state index in [4.69, 9.17) is 0 Å². The highest BCUT2D eigenvalue weighted by molar-refractivity contribution is 4.99. The van der Waals surface area contributed by atoms with E-state index in [9.17, 15) is 0 Å². The number of hydrogen-bond donors (Lipinski definition) is 2. The Morgan fingerprint density at radius 2 is 2.15 bits per heavy atom. The minimum atomic E-state index is 0.503. The molecule has 2 heterocycles. The number of rotatable bonds is 2. The van der Waals surface area contributed by atoms with Gasteiger partial charge in [-0.1, -0.05) is 0 Å². The van der Waals surface area contributed by atoms with Gasteiger partial charge in [-0.25, -0.2) is 5.43 Å². The summed E-state index contributed by atoms with van der Waals surface area (Å²) in [5.41, 5.74) is 3.36. The summed E-state index contributed by atoms with van der Waals surface area (Å²) in [7, 11) is 2.04. The van der Waals surface area contributed by atoms with Gasteiger partial charge in [0.25, 0.3) is 0 Å². The number of nitrogens with zero attached hydrogens (tertiary/aromatic N) is 2. The summed E-state index contributed by atoms with van der Waals surface area (Å²) in [6, 6.07) is 0.503. The van der Waals surface area contributed by atoms with Crippen molar-refractivity contribution in [2.75, 3.05) is 39.8 Å². The monoisotopic (exact) mass is 182 g/mol. The average Bonchev–Trinajstić information content (AvgIpc) is 2.53. The highest BCUT2D eigenvalue weighted by Gasteiger charge is 2.17. The normalized spacial score (nSPS) is 29.9. The lowest BCUT2D eigenvalue weighted by atomic mass is 10.2. The van der Waals surface area contributed by atoms with Crippen molar-refractivity contribution in [1.29, 1.82) is 0 Å². The molecule has 0 aromatic carbocycles. The fourth-order valence-electron chi connectivity index (χ4n) is 1.85. The number of nitrogens with one attached hydrogen (secondary N) is 2. The maximum Gasteiger partial charge on any atom is 0.0587 e. The Bertz CT molecular complexity index is 186. The molecule has 13 heavy (non-hydrogen) atoms. The molecule has 1 unspecified atom stereocenters. The molecule has 0 amide bonds. The molecule has 2 aliphatic rings. The molecule has 1 saturated heterocycles. The van der Waals surface area contributed by atoms with Crippen molar-refractivity contribution in [1.82, 2.24) is 20.7 Å². The summed E-state index contributed by atoms with van der Waals surface area (Å²) >= 11 is 0. The molecule has 4 nitrogen and oxygen atoms in total. The predicted molar refractivity (Wildman–Crippen MR) is 53.1 cm³/mol. The van der Waals surface area contributed by atoms with E-state index >= 15 is 0 Å². The van der Waals surface area contributed by atoms with Gasteiger partial charge in [0, 0.05) is 46.0 Å². The second-order valence-corrected chi connectivity index (χ2v) is 3.74. The molecule has 2 aliphatic heterocycles. The standard InChI is InChI=1S/C9H18N4/c1-12-5-2-9(11-12)8-13-6-3-10-4-7-13/h2,5,9-11H,3-4,6-8H2,1H3. The van der Waals surface area contributed by atoms with Gasteiger partial charge in [0.2, 0.25) is 0 Å². The van der Waals surface area contributed by atoms with E-state index in [1.54, 1.807) is 0 Å². The Balaban J connectivity index is 1.74. The number of piperazine rings is 1. The van der Waals surface area contributed by atoms with Crippen LogP contribution in [0.2, 0.25) is 0 Å². The molecule has 0 bridgehead atoms. The Kier molecular flexibility index (Phi) is 2.83. The van der Waals surface area contributed by atoms with Crippen molar-refractivity contribution in [3.05, 3.63) is 12.3 Å². The van der Waals surface area contributed by atoms with Crippen LogP contribution < -0.4 is 10.7 Å². The minimum absolute atomic E-state index is 0.503. The second kappa shape index (κ2) is 4.09. The molecular formula is C9H18N4. The molecule has 2 N–H and O–H groups in total. The van der Waals surface area contributed by atoms with Crippen molar-refractivity contribution in [2.45, 2.75) is 6.04 Å². The highest BCUT2D eigenvalue weighted by atomic mass is 15.5. The molecule has 0 aliphatic carbocycles. The summed E-state index contributed by atoms with van der Waals surface area (Å²) in [4.78, 5) is 2.50. The van der Waals surface area contributed by atoms with E-state index in [-0.39, 0.29) is 0 Å². The first-order chi connectivity index (χ1) is 6.34. The Labute approximate surface area is 79.5 Å². The topological polar surface area (TPSA) is 30.5 Å². The summed E-state index contributed by atoms with van der Waals surface area (Å²) in [6.07, 6.45) is 4.31. The molecule has 2 rings (SSSR count). The summed E-state index contributed by atoms with van der Waals surface area (Å²) in [6.45, 7) is 5.74. The predicted octanol–water partition coefficient (Wildman–Crippen LogP) is -0.776. The van der Waals surface area contributed by atoms with Crippen molar-refractivity contribution in [2.24, 2.45) is 0 Å². The quantitative estimate of drug-likeness (QED) is 0.587.